The number of hydrogen-bond donors (Lipinski definition) is 0. The summed E-state index contributed by atoms with van der Waals surface area (Å²) in [5.41, 5.74) is 1.31. The van der Waals surface area contributed by atoms with Gasteiger partial charge in [0.1, 0.15) is 5.75 Å². The van der Waals surface area contributed by atoms with Crippen LogP contribution in [0.15, 0.2) is 21.1 Å². The molecule has 0 radical (unpaired) electrons. The molecule has 0 bridgehead atoms. The van der Waals surface area contributed by atoms with Gasteiger partial charge in [-0.05, 0) is 53.1 Å². The Bertz CT molecular complexity index is 417. The lowest BCUT2D eigenvalue weighted by Gasteiger charge is -2.28. The average Bonchev–Trinajstić information content (AvgIpc) is 2.05. The zero-order chi connectivity index (χ0) is 13.4. The van der Waals surface area contributed by atoms with Gasteiger partial charge in [0, 0.05) is 10.0 Å². The van der Waals surface area contributed by atoms with E-state index in [-0.39, 0.29) is 5.41 Å². The van der Waals surface area contributed by atoms with Gasteiger partial charge in [-0.3, -0.25) is 0 Å². The highest BCUT2D eigenvalue weighted by Gasteiger charge is 2.26. The molecule has 96 valence electrons. The molecule has 0 saturated carbocycles. The lowest BCUT2D eigenvalue weighted by molar-refractivity contribution is 0.505. The van der Waals surface area contributed by atoms with Crippen LogP contribution in [-0.2, 0) is 5.41 Å². The Kier molecular flexibility index (Phi) is 4.54. The number of hydrogen-bond acceptors (Lipinski definition) is 1. The molecule has 0 aromatic heterocycles. The second-order valence-electron chi connectivity index (χ2n) is 6.23. The van der Waals surface area contributed by atoms with E-state index in [2.05, 4.69) is 78.3 Å². The molecule has 0 aliphatic heterocycles. The Labute approximate surface area is 122 Å². The van der Waals surface area contributed by atoms with Crippen molar-refractivity contribution in [1.82, 2.24) is 0 Å². The summed E-state index contributed by atoms with van der Waals surface area (Å²) in [5.74, 6) is 1.000. The molecular formula is C13H20Br2OSi. The summed E-state index contributed by atoms with van der Waals surface area (Å²) in [5, 5.41) is 0. The Morgan fingerprint density at radius 3 is 2.00 bits per heavy atom. The predicted molar refractivity (Wildman–Crippen MR) is 84.5 cm³/mol. The molecule has 0 aliphatic rings. The smallest absolute Gasteiger partial charge is 0.242 e. The summed E-state index contributed by atoms with van der Waals surface area (Å²) < 4.78 is 8.32. The van der Waals surface area contributed by atoms with E-state index in [4.69, 9.17) is 4.43 Å². The predicted octanol–water partition coefficient (Wildman–Crippen LogP) is 5.72. The van der Waals surface area contributed by atoms with Crippen LogP contribution in [0.2, 0.25) is 19.6 Å². The van der Waals surface area contributed by atoms with Crippen molar-refractivity contribution in [3.8, 4) is 5.75 Å². The van der Waals surface area contributed by atoms with Crippen LogP contribution < -0.4 is 4.43 Å². The molecule has 0 unspecified atom stereocenters. The number of halogens is 2. The molecule has 0 spiro atoms. The molecule has 0 heterocycles. The summed E-state index contributed by atoms with van der Waals surface area (Å²) >= 11 is 7.16. The van der Waals surface area contributed by atoms with Crippen LogP contribution >= 0.6 is 31.9 Å². The van der Waals surface area contributed by atoms with Gasteiger partial charge in [0.25, 0.3) is 0 Å². The fourth-order valence-electron chi connectivity index (χ4n) is 1.53. The van der Waals surface area contributed by atoms with E-state index >= 15 is 0 Å². The van der Waals surface area contributed by atoms with E-state index in [1.165, 1.54) is 5.56 Å². The van der Waals surface area contributed by atoms with Gasteiger partial charge >= 0.3 is 0 Å². The van der Waals surface area contributed by atoms with E-state index < -0.39 is 8.32 Å². The Morgan fingerprint density at radius 2 is 1.59 bits per heavy atom. The number of rotatable bonds is 2. The molecule has 0 saturated heterocycles. The second kappa shape index (κ2) is 5.06. The molecule has 0 aliphatic carbocycles. The summed E-state index contributed by atoms with van der Waals surface area (Å²) in [6.45, 7) is 13.2. The normalized spacial score (nSPS) is 12.7. The molecule has 4 heteroatoms. The van der Waals surface area contributed by atoms with E-state index in [1.54, 1.807) is 0 Å². The molecule has 17 heavy (non-hydrogen) atoms. The fourth-order valence-corrected chi connectivity index (χ4v) is 3.82. The van der Waals surface area contributed by atoms with E-state index in [0.717, 1.165) is 14.7 Å². The van der Waals surface area contributed by atoms with Crippen molar-refractivity contribution < 1.29 is 4.43 Å². The molecule has 1 rings (SSSR count). The zero-order valence-corrected chi connectivity index (χ0v) is 15.5. The Morgan fingerprint density at radius 1 is 1.06 bits per heavy atom. The monoisotopic (exact) mass is 378 g/mol. The topological polar surface area (TPSA) is 9.23 Å². The Hall–Kier alpha value is 0.197. The summed E-state index contributed by atoms with van der Waals surface area (Å²) in [6, 6.07) is 4.20. The van der Waals surface area contributed by atoms with Gasteiger partial charge < -0.3 is 4.43 Å². The molecule has 1 aromatic rings. The minimum atomic E-state index is -1.60. The third kappa shape index (κ3) is 4.41. The molecule has 1 aromatic carbocycles. The van der Waals surface area contributed by atoms with Gasteiger partial charge in [-0.1, -0.05) is 36.7 Å². The van der Waals surface area contributed by atoms with Crippen LogP contribution in [0.5, 0.6) is 5.75 Å². The quantitative estimate of drug-likeness (QED) is 0.596. The van der Waals surface area contributed by atoms with E-state index in [1.807, 2.05) is 6.07 Å². The summed E-state index contributed by atoms with van der Waals surface area (Å²) in [4.78, 5) is 0. The van der Waals surface area contributed by atoms with Crippen molar-refractivity contribution in [2.45, 2.75) is 45.8 Å². The van der Waals surface area contributed by atoms with E-state index in [0.29, 0.717) is 0 Å². The van der Waals surface area contributed by atoms with Gasteiger partial charge in [0.05, 0.1) is 4.47 Å². The first kappa shape index (κ1) is 15.3. The zero-order valence-electron chi connectivity index (χ0n) is 11.3. The largest absolute Gasteiger partial charge is 0.543 e. The first-order chi connectivity index (χ1) is 7.50. The van der Waals surface area contributed by atoms with Crippen LogP contribution in [0, 0.1) is 0 Å². The molecule has 0 atom stereocenters. The van der Waals surface area contributed by atoms with Crippen LogP contribution in [0.1, 0.15) is 26.3 Å². The molecule has 1 nitrogen and oxygen atoms in total. The summed E-state index contributed by atoms with van der Waals surface area (Å²) in [7, 11) is -1.60. The van der Waals surface area contributed by atoms with Gasteiger partial charge in [0.15, 0.2) is 0 Å². The minimum Gasteiger partial charge on any atom is -0.543 e. The lowest BCUT2D eigenvalue weighted by Crippen LogP contribution is -2.31. The van der Waals surface area contributed by atoms with Crippen LogP contribution in [0.4, 0.5) is 0 Å². The first-order valence-electron chi connectivity index (χ1n) is 5.69. The SMILES string of the molecule is CC(C)(C)c1cc(Br)cc(Br)c1O[Si](C)(C)C. The lowest BCUT2D eigenvalue weighted by atomic mass is 9.86. The Balaban J connectivity index is 3.36. The van der Waals surface area contributed by atoms with E-state index in [9.17, 15) is 0 Å². The van der Waals surface area contributed by atoms with Crippen LogP contribution in [0.3, 0.4) is 0 Å². The van der Waals surface area contributed by atoms with Gasteiger partial charge in [-0.25, -0.2) is 0 Å². The maximum atomic E-state index is 6.22. The van der Waals surface area contributed by atoms with Crippen molar-refractivity contribution >= 4 is 40.2 Å². The van der Waals surface area contributed by atoms with Gasteiger partial charge in [0.2, 0.25) is 8.32 Å². The highest BCUT2D eigenvalue weighted by atomic mass is 79.9. The summed E-state index contributed by atoms with van der Waals surface area (Å²) in [6.07, 6.45) is 0. The highest BCUT2D eigenvalue weighted by molar-refractivity contribution is 9.11. The second-order valence-corrected chi connectivity index (χ2v) is 12.4. The average molecular weight is 380 g/mol. The molecule has 0 fully saturated rings. The van der Waals surface area contributed by atoms with Crippen LogP contribution in [-0.4, -0.2) is 8.32 Å². The highest BCUT2D eigenvalue weighted by Crippen LogP contribution is 2.40. The first-order valence-corrected chi connectivity index (χ1v) is 10.7. The molecule has 0 amide bonds. The third-order valence-corrected chi connectivity index (χ3v) is 4.09. The minimum absolute atomic E-state index is 0.0707. The maximum Gasteiger partial charge on any atom is 0.242 e. The van der Waals surface area contributed by atoms with Crippen molar-refractivity contribution in [2.75, 3.05) is 0 Å². The molecular weight excluding hydrogens is 360 g/mol. The van der Waals surface area contributed by atoms with Crippen molar-refractivity contribution in [3.63, 3.8) is 0 Å². The maximum absolute atomic E-state index is 6.22. The van der Waals surface area contributed by atoms with Crippen LogP contribution in [0.25, 0.3) is 0 Å². The van der Waals surface area contributed by atoms with Crippen molar-refractivity contribution in [2.24, 2.45) is 0 Å². The number of benzene rings is 1. The third-order valence-electron chi connectivity index (χ3n) is 2.22. The van der Waals surface area contributed by atoms with Gasteiger partial charge in [-0.2, -0.15) is 0 Å². The fraction of sp³-hybridized carbons (Fsp3) is 0.538. The standard InChI is InChI=1S/C13H20Br2OSi/c1-13(2,3)10-7-9(14)8-11(15)12(10)16-17(4,5)6/h7-8H,1-6H3. The molecule has 0 N–H and O–H groups in total. The van der Waals surface area contributed by atoms with Crippen molar-refractivity contribution in [3.05, 3.63) is 26.6 Å². The van der Waals surface area contributed by atoms with Crippen molar-refractivity contribution in [1.29, 1.82) is 0 Å². The van der Waals surface area contributed by atoms with Gasteiger partial charge in [-0.15, -0.1) is 0 Å².